The summed E-state index contributed by atoms with van der Waals surface area (Å²) in [5, 5.41) is 12.9. The van der Waals surface area contributed by atoms with Crippen molar-refractivity contribution in [3.8, 4) is 0 Å². The minimum absolute atomic E-state index is 0.0365. The number of esters is 1. The van der Waals surface area contributed by atoms with Gasteiger partial charge in [0.2, 0.25) is 5.90 Å². The Bertz CT molecular complexity index is 1100. The largest absolute Gasteiger partial charge is 0.402 e. The van der Waals surface area contributed by atoms with Gasteiger partial charge in [0.25, 0.3) is 5.69 Å². The molecule has 0 saturated carbocycles. The van der Waals surface area contributed by atoms with E-state index in [0.717, 1.165) is 16.3 Å². The predicted molar refractivity (Wildman–Crippen MR) is 97.7 cm³/mol. The van der Waals surface area contributed by atoms with Crippen molar-refractivity contribution in [3.63, 3.8) is 0 Å². The van der Waals surface area contributed by atoms with Crippen LogP contribution in [0.1, 0.15) is 11.1 Å². The molecule has 1 aliphatic heterocycles. The van der Waals surface area contributed by atoms with Gasteiger partial charge in [-0.25, -0.2) is 9.79 Å². The molecule has 0 bridgehead atoms. The Kier molecular flexibility index (Phi) is 3.78. The number of carbonyl (C=O) groups is 1. The highest BCUT2D eigenvalue weighted by molar-refractivity contribution is 6.13. The topological polar surface area (TPSA) is 81.8 Å². The second-order valence-corrected chi connectivity index (χ2v) is 5.75. The Balaban J connectivity index is 1.66. The molecule has 3 aromatic carbocycles. The summed E-state index contributed by atoms with van der Waals surface area (Å²) in [6, 6.07) is 19.5. The molecule has 0 radical (unpaired) electrons. The number of hydrogen-bond donors (Lipinski definition) is 0. The van der Waals surface area contributed by atoms with Gasteiger partial charge in [-0.15, -0.1) is 0 Å². The molecule has 0 atom stereocenters. The number of benzene rings is 3. The molecule has 1 heterocycles. The summed E-state index contributed by atoms with van der Waals surface area (Å²) in [5.74, 6) is -0.413. The van der Waals surface area contributed by atoms with Crippen LogP contribution in [0.4, 0.5) is 5.69 Å². The van der Waals surface area contributed by atoms with Crippen LogP contribution in [0, 0.1) is 10.1 Å². The minimum atomic E-state index is -0.550. The molecular weight excluding hydrogens is 332 g/mol. The zero-order valence-electron chi connectivity index (χ0n) is 13.5. The third kappa shape index (κ3) is 2.95. The molecule has 6 nitrogen and oxygen atoms in total. The van der Waals surface area contributed by atoms with E-state index < -0.39 is 10.9 Å². The molecule has 0 aliphatic carbocycles. The molecule has 6 heteroatoms. The first-order valence-corrected chi connectivity index (χ1v) is 7.86. The van der Waals surface area contributed by atoms with E-state index in [1.54, 1.807) is 6.08 Å². The van der Waals surface area contributed by atoms with E-state index >= 15 is 0 Å². The lowest BCUT2D eigenvalue weighted by Gasteiger charge is -1.99. The first-order chi connectivity index (χ1) is 12.6. The number of nitrogens with zero attached hydrogens (tertiary/aromatic N) is 2. The maximum Gasteiger partial charge on any atom is 0.363 e. The first-order valence-electron chi connectivity index (χ1n) is 7.86. The zero-order chi connectivity index (χ0) is 18.1. The molecule has 0 fully saturated rings. The van der Waals surface area contributed by atoms with Crippen molar-refractivity contribution in [1.29, 1.82) is 0 Å². The Hall–Kier alpha value is -3.80. The van der Waals surface area contributed by atoms with E-state index in [0.29, 0.717) is 5.56 Å². The van der Waals surface area contributed by atoms with Crippen LogP contribution in [0.15, 0.2) is 77.4 Å². The van der Waals surface area contributed by atoms with Crippen LogP contribution in [0.2, 0.25) is 0 Å². The van der Waals surface area contributed by atoms with Crippen LogP contribution < -0.4 is 0 Å². The summed E-state index contributed by atoms with van der Waals surface area (Å²) in [4.78, 5) is 26.5. The highest BCUT2D eigenvalue weighted by Gasteiger charge is 2.24. The number of rotatable bonds is 3. The Morgan fingerprint density at radius 2 is 1.69 bits per heavy atom. The first kappa shape index (κ1) is 15.7. The van der Waals surface area contributed by atoms with E-state index in [1.165, 1.54) is 24.3 Å². The fraction of sp³-hybridized carbons (Fsp3) is 0. The monoisotopic (exact) mass is 344 g/mol. The number of carbonyl (C=O) groups excluding carboxylic acids is 1. The van der Waals surface area contributed by atoms with Crippen molar-refractivity contribution < 1.29 is 14.5 Å². The fourth-order valence-corrected chi connectivity index (χ4v) is 2.71. The van der Waals surface area contributed by atoms with Gasteiger partial charge in [-0.2, -0.15) is 0 Å². The second kappa shape index (κ2) is 6.25. The molecule has 0 saturated heterocycles. The lowest BCUT2D eigenvalue weighted by atomic mass is 10.1. The van der Waals surface area contributed by atoms with Gasteiger partial charge < -0.3 is 4.74 Å². The molecular formula is C20H12N2O4. The SMILES string of the molecule is O=C1OC(c2ccc([N+](=O)[O-])cc2)=N/C1=C/c1ccc2ccccc2c1. The quantitative estimate of drug-likeness (QED) is 0.310. The van der Waals surface area contributed by atoms with Crippen molar-refractivity contribution >= 4 is 34.4 Å². The summed E-state index contributed by atoms with van der Waals surface area (Å²) in [6.45, 7) is 0. The Morgan fingerprint density at radius 1 is 0.962 bits per heavy atom. The molecule has 3 aromatic rings. The Labute approximate surface area is 148 Å². The van der Waals surface area contributed by atoms with E-state index in [1.807, 2.05) is 42.5 Å². The minimum Gasteiger partial charge on any atom is -0.402 e. The molecule has 0 aromatic heterocycles. The highest BCUT2D eigenvalue weighted by Crippen LogP contribution is 2.22. The van der Waals surface area contributed by atoms with Crippen LogP contribution in [0.3, 0.4) is 0 Å². The lowest BCUT2D eigenvalue weighted by molar-refractivity contribution is -0.384. The summed E-state index contributed by atoms with van der Waals surface area (Å²) in [5.41, 5.74) is 1.49. The fourth-order valence-electron chi connectivity index (χ4n) is 2.71. The van der Waals surface area contributed by atoms with E-state index in [4.69, 9.17) is 4.74 Å². The number of nitro groups is 1. The van der Waals surface area contributed by atoms with Crippen LogP contribution in [0.25, 0.3) is 16.8 Å². The number of fused-ring (bicyclic) bond motifs is 1. The van der Waals surface area contributed by atoms with Crippen molar-refractivity contribution in [1.82, 2.24) is 0 Å². The average Bonchev–Trinajstić information content (AvgIpc) is 3.02. The third-order valence-electron chi connectivity index (χ3n) is 4.02. The van der Waals surface area contributed by atoms with Crippen molar-refractivity contribution in [2.75, 3.05) is 0 Å². The molecule has 126 valence electrons. The number of non-ortho nitro benzene ring substituents is 1. The summed E-state index contributed by atoms with van der Waals surface area (Å²) in [6.07, 6.45) is 1.66. The standard InChI is InChI=1S/C20H12N2O4/c23-20-18(12-13-5-6-14-3-1-2-4-16(14)11-13)21-19(26-20)15-7-9-17(10-8-15)22(24)25/h1-12H/b18-12+. The van der Waals surface area contributed by atoms with Crippen LogP contribution in [0.5, 0.6) is 0 Å². The molecule has 1 aliphatic rings. The Morgan fingerprint density at radius 3 is 2.42 bits per heavy atom. The smallest absolute Gasteiger partial charge is 0.363 e. The van der Waals surface area contributed by atoms with Gasteiger partial charge in [0.15, 0.2) is 5.70 Å². The molecule has 0 amide bonds. The van der Waals surface area contributed by atoms with E-state index in [-0.39, 0.29) is 17.3 Å². The number of nitro benzene ring substituents is 1. The van der Waals surface area contributed by atoms with Gasteiger partial charge in [0.05, 0.1) is 4.92 Å². The normalized spacial score (nSPS) is 15.2. The van der Waals surface area contributed by atoms with Crippen molar-refractivity contribution in [2.45, 2.75) is 0 Å². The van der Waals surface area contributed by atoms with E-state index in [9.17, 15) is 14.9 Å². The van der Waals surface area contributed by atoms with Gasteiger partial charge in [-0.3, -0.25) is 10.1 Å². The van der Waals surface area contributed by atoms with Crippen molar-refractivity contribution in [2.24, 2.45) is 4.99 Å². The van der Waals surface area contributed by atoms with Crippen LogP contribution >= 0.6 is 0 Å². The van der Waals surface area contributed by atoms with Crippen LogP contribution in [-0.2, 0) is 9.53 Å². The third-order valence-corrected chi connectivity index (χ3v) is 4.02. The molecule has 0 spiro atoms. The molecule has 26 heavy (non-hydrogen) atoms. The van der Waals surface area contributed by atoms with Crippen LogP contribution in [-0.4, -0.2) is 16.8 Å². The van der Waals surface area contributed by atoms with Gasteiger partial charge in [-0.05, 0) is 40.6 Å². The maximum atomic E-state index is 12.1. The van der Waals surface area contributed by atoms with Gasteiger partial charge in [0.1, 0.15) is 0 Å². The van der Waals surface area contributed by atoms with Gasteiger partial charge in [-0.1, -0.05) is 36.4 Å². The summed E-state index contributed by atoms with van der Waals surface area (Å²) >= 11 is 0. The number of aliphatic imine (C=N–C) groups is 1. The average molecular weight is 344 g/mol. The number of hydrogen-bond acceptors (Lipinski definition) is 5. The summed E-state index contributed by atoms with van der Waals surface area (Å²) in [7, 11) is 0. The molecule has 4 rings (SSSR count). The zero-order valence-corrected chi connectivity index (χ0v) is 13.5. The van der Waals surface area contributed by atoms with Gasteiger partial charge in [0, 0.05) is 17.7 Å². The lowest BCUT2D eigenvalue weighted by Crippen LogP contribution is -2.05. The van der Waals surface area contributed by atoms with Crippen molar-refractivity contribution in [3.05, 3.63) is 93.7 Å². The second-order valence-electron chi connectivity index (χ2n) is 5.75. The van der Waals surface area contributed by atoms with E-state index in [2.05, 4.69) is 4.99 Å². The summed E-state index contributed by atoms with van der Waals surface area (Å²) < 4.78 is 5.19. The van der Waals surface area contributed by atoms with Gasteiger partial charge >= 0.3 is 5.97 Å². The maximum absolute atomic E-state index is 12.1. The molecule has 0 N–H and O–H groups in total. The highest BCUT2D eigenvalue weighted by atomic mass is 16.6. The number of ether oxygens (including phenoxy) is 1. The molecule has 0 unspecified atom stereocenters. The number of cyclic esters (lactones) is 1. The predicted octanol–water partition coefficient (Wildman–Crippen LogP) is 4.09.